The summed E-state index contributed by atoms with van der Waals surface area (Å²) in [6, 6.07) is 28.3. The van der Waals surface area contributed by atoms with Gasteiger partial charge < -0.3 is 4.74 Å². The molecular weight excluding hydrogens is 440 g/mol. The summed E-state index contributed by atoms with van der Waals surface area (Å²) < 4.78 is 6.22. The summed E-state index contributed by atoms with van der Waals surface area (Å²) in [5.74, 6) is 0.995. The Kier molecular flexibility index (Phi) is 6.84. The van der Waals surface area contributed by atoms with Crippen molar-refractivity contribution < 1.29 is 4.74 Å². The predicted octanol–water partition coefficient (Wildman–Crippen LogP) is 6.80. The van der Waals surface area contributed by atoms with Gasteiger partial charge in [0.2, 0.25) is 0 Å². The standard InChI is InChI=1S/C33H34N2O/c1-2-10-26(11-3-1)25-36-33-17-9-5-13-28(33)24-34-20-22-35(23-21-34)32-19-18-27-12-4-6-14-29(27)30-15-7-8-16-31(30)32/h1-5,7-13,15-19,32H,6,14,20-25H2. The van der Waals surface area contributed by atoms with Crippen molar-refractivity contribution >= 4 is 5.57 Å². The van der Waals surface area contributed by atoms with E-state index >= 15 is 0 Å². The van der Waals surface area contributed by atoms with Crippen LogP contribution in [0.5, 0.6) is 5.75 Å². The largest absolute Gasteiger partial charge is 0.489 e. The molecule has 3 aromatic rings. The van der Waals surface area contributed by atoms with Crippen LogP contribution in [0.1, 0.15) is 41.1 Å². The van der Waals surface area contributed by atoms with Crippen molar-refractivity contribution in [3.63, 3.8) is 0 Å². The van der Waals surface area contributed by atoms with Crippen molar-refractivity contribution in [2.75, 3.05) is 26.2 Å². The van der Waals surface area contributed by atoms with Crippen LogP contribution in [0, 0.1) is 0 Å². The second-order valence-electron chi connectivity index (χ2n) is 9.96. The Bertz CT molecular complexity index is 1280. The highest BCUT2D eigenvalue weighted by molar-refractivity contribution is 5.78. The van der Waals surface area contributed by atoms with Crippen LogP contribution >= 0.6 is 0 Å². The lowest BCUT2D eigenvalue weighted by Gasteiger charge is -2.39. The molecule has 0 N–H and O–H groups in total. The maximum Gasteiger partial charge on any atom is 0.124 e. The lowest BCUT2D eigenvalue weighted by molar-refractivity contribution is 0.106. The molecule has 0 aromatic heterocycles. The molecule has 0 bridgehead atoms. The number of allylic oxidation sites excluding steroid dienone is 5. The second kappa shape index (κ2) is 10.7. The second-order valence-corrected chi connectivity index (χ2v) is 9.96. The first-order valence-electron chi connectivity index (χ1n) is 13.2. The van der Waals surface area contributed by atoms with Crippen LogP contribution < -0.4 is 4.74 Å². The van der Waals surface area contributed by atoms with E-state index < -0.39 is 0 Å². The zero-order valence-corrected chi connectivity index (χ0v) is 20.9. The monoisotopic (exact) mass is 474 g/mol. The molecule has 1 fully saturated rings. The van der Waals surface area contributed by atoms with Gasteiger partial charge in [0.05, 0.1) is 6.04 Å². The first kappa shape index (κ1) is 23.0. The van der Waals surface area contributed by atoms with Crippen molar-refractivity contribution in [1.82, 2.24) is 9.80 Å². The summed E-state index contributed by atoms with van der Waals surface area (Å²) in [7, 11) is 0. The van der Waals surface area contributed by atoms with Crippen LogP contribution in [-0.2, 0) is 13.2 Å². The lowest BCUT2D eigenvalue weighted by atomic mass is 9.89. The van der Waals surface area contributed by atoms with Crippen LogP contribution in [0.15, 0.2) is 109 Å². The van der Waals surface area contributed by atoms with Gasteiger partial charge >= 0.3 is 0 Å². The number of fused-ring (bicyclic) bond motifs is 2. The molecule has 3 heteroatoms. The number of benzene rings is 3. The van der Waals surface area contributed by atoms with E-state index in [0.29, 0.717) is 12.6 Å². The van der Waals surface area contributed by atoms with Crippen LogP contribution in [0.2, 0.25) is 0 Å². The van der Waals surface area contributed by atoms with Crippen molar-refractivity contribution in [3.05, 3.63) is 131 Å². The maximum atomic E-state index is 6.22. The number of hydrogen-bond donors (Lipinski definition) is 0. The summed E-state index contributed by atoms with van der Waals surface area (Å²) in [6.45, 7) is 5.79. The van der Waals surface area contributed by atoms with Gasteiger partial charge in [-0.1, -0.05) is 97.1 Å². The molecule has 3 aliphatic rings. The van der Waals surface area contributed by atoms with Crippen molar-refractivity contribution in [2.45, 2.75) is 32.0 Å². The van der Waals surface area contributed by atoms with E-state index in [9.17, 15) is 0 Å². The van der Waals surface area contributed by atoms with Crippen LogP contribution in [0.3, 0.4) is 0 Å². The molecule has 3 aromatic carbocycles. The van der Waals surface area contributed by atoms with E-state index in [1.54, 1.807) is 0 Å². The first-order chi connectivity index (χ1) is 17.8. The molecular formula is C33H34N2O. The molecule has 1 unspecified atom stereocenters. The van der Waals surface area contributed by atoms with Crippen molar-refractivity contribution in [3.8, 4) is 5.75 Å². The Morgan fingerprint density at radius 1 is 0.778 bits per heavy atom. The third kappa shape index (κ3) is 4.95. The molecule has 1 aliphatic heterocycles. The fraction of sp³-hybridized carbons (Fsp3) is 0.273. The minimum Gasteiger partial charge on any atom is -0.489 e. The minimum atomic E-state index is 0.337. The Morgan fingerprint density at radius 3 is 2.44 bits per heavy atom. The Morgan fingerprint density at radius 2 is 1.56 bits per heavy atom. The molecule has 182 valence electrons. The van der Waals surface area contributed by atoms with Gasteiger partial charge in [-0.05, 0) is 46.7 Å². The van der Waals surface area contributed by atoms with Crippen LogP contribution in [-0.4, -0.2) is 36.0 Å². The zero-order valence-electron chi connectivity index (χ0n) is 20.9. The Balaban J connectivity index is 1.12. The Labute approximate surface area is 215 Å². The predicted molar refractivity (Wildman–Crippen MR) is 148 cm³/mol. The zero-order chi connectivity index (χ0) is 24.2. The van der Waals surface area contributed by atoms with Gasteiger partial charge in [0.1, 0.15) is 12.4 Å². The number of piperazine rings is 1. The highest BCUT2D eigenvalue weighted by atomic mass is 16.5. The molecule has 0 amide bonds. The quantitative estimate of drug-likeness (QED) is 0.391. The van der Waals surface area contributed by atoms with Gasteiger partial charge in [-0.2, -0.15) is 0 Å². The number of rotatable bonds is 6. The molecule has 1 atom stereocenters. The fourth-order valence-corrected chi connectivity index (χ4v) is 5.73. The van der Waals surface area contributed by atoms with Gasteiger partial charge in [0.25, 0.3) is 0 Å². The molecule has 1 heterocycles. The van der Waals surface area contributed by atoms with Gasteiger partial charge in [0.15, 0.2) is 0 Å². The molecule has 0 saturated carbocycles. The smallest absolute Gasteiger partial charge is 0.124 e. The molecule has 2 aliphatic carbocycles. The SMILES string of the molecule is C1=CC2=C(CC1)c1ccccc1C(N1CCN(Cc3ccccc3OCc3ccccc3)CC1)C=C2. The summed E-state index contributed by atoms with van der Waals surface area (Å²) in [6.07, 6.45) is 11.7. The van der Waals surface area contributed by atoms with Gasteiger partial charge in [-0.25, -0.2) is 0 Å². The minimum absolute atomic E-state index is 0.337. The fourth-order valence-electron chi connectivity index (χ4n) is 5.73. The average Bonchev–Trinajstić information content (AvgIpc) is 3.11. The van der Waals surface area contributed by atoms with Gasteiger partial charge in [0, 0.05) is 38.3 Å². The average molecular weight is 475 g/mol. The third-order valence-electron chi connectivity index (χ3n) is 7.67. The third-order valence-corrected chi connectivity index (χ3v) is 7.67. The van der Waals surface area contributed by atoms with Crippen molar-refractivity contribution in [2.24, 2.45) is 0 Å². The maximum absolute atomic E-state index is 6.22. The summed E-state index contributed by atoms with van der Waals surface area (Å²) >= 11 is 0. The van der Waals surface area contributed by atoms with E-state index in [-0.39, 0.29) is 0 Å². The lowest BCUT2D eigenvalue weighted by Crippen LogP contribution is -2.47. The summed E-state index contributed by atoms with van der Waals surface area (Å²) in [4.78, 5) is 5.23. The number of hydrogen-bond acceptors (Lipinski definition) is 3. The molecule has 0 radical (unpaired) electrons. The first-order valence-corrected chi connectivity index (χ1v) is 13.2. The molecule has 6 rings (SSSR count). The van der Waals surface area contributed by atoms with Crippen LogP contribution in [0.4, 0.5) is 0 Å². The summed E-state index contributed by atoms with van der Waals surface area (Å²) in [5.41, 5.74) is 8.27. The van der Waals surface area contributed by atoms with Crippen LogP contribution in [0.25, 0.3) is 5.57 Å². The molecule has 3 nitrogen and oxygen atoms in total. The molecule has 1 saturated heterocycles. The van der Waals surface area contributed by atoms with E-state index in [2.05, 4.69) is 107 Å². The van der Waals surface area contributed by atoms with E-state index in [1.807, 2.05) is 6.07 Å². The highest BCUT2D eigenvalue weighted by Crippen LogP contribution is 2.39. The van der Waals surface area contributed by atoms with Crippen molar-refractivity contribution in [1.29, 1.82) is 0 Å². The van der Waals surface area contributed by atoms with Gasteiger partial charge in [-0.3, -0.25) is 9.80 Å². The summed E-state index contributed by atoms with van der Waals surface area (Å²) in [5, 5.41) is 0. The van der Waals surface area contributed by atoms with E-state index in [1.165, 1.54) is 33.4 Å². The number of ether oxygens (including phenoxy) is 1. The molecule has 0 spiro atoms. The highest BCUT2D eigenvalue weighted by Gasteiger charge is 2.28. The molecule has 36 heavy (non-hydrogen) atoms. The normalized spacial score (nSPS) is 20.1. The van der Waals surface area contributed by atoms with E-state index in [0.717, 1.165) is 51.3 Å². The topological polar surface area (TPSA) is 15.7 Å². The van der Waals surface area contributed by atoms with E-state index in [4.69, 9.17) is 4.74 Å². The Hall–Kier alpha value is -3.40. The number of para-hydroxylation sites is 1. The van der Waals surface area contributed by atoms with Gasteiger partial charge in [-0.15, -0.1) is 0 Å². The number of nitrogens with zero attached hydrogens (tertiary/aromatic N) is 2.